The summed E-state index contributed by atoms with van der Waals surface area (Å²) in [5, 5.41) is 19.8. The Kier molecular flexibility index (Phi) is 2.40. The van der Waals surface area contributed by atoms with Crippen molar-refractivity contribution in [3.63, 3.8) is 0 Å². The summed E-state index contributed by atoms with van der Waals surface area (Å²) < 4.78 is 0. The molecule has 0 atom stereocenters. The first-order valence-electron chi connectivity index (χ1n) is 2.78. The van der Waals surface area contributed by atoms with E-state index >= 15 is 0 Å². The molecule has 60 valence electrons. The second-order valence-electron chi connectivity index (χ2n) is 1.71. The molecule has 1 amide bonds. The number of aliphatic hydroxyl groups excluding tert-OH is 1. The minimum absolute atomic E-state index is 0.161. The van der Waals surface area contributed by atoms with E-state index < -0.39 is 6.09 Å². The Morgan fingerprint density at radius 1 is 1.82 bits per heavy atom. The van der Waals surface area contributed by atoms with Crippen molar-refractivity contribution >= 4 is 22.4 Å². The maximum Gasteiger partial charge on any atom is 0.409 e. The second-order valence-corrected chi connectivity index (χ2v) is 2.82. The number of rotatable bonds is 2. The molecule has 0 aliphatic carbocycles. The molecule has 0 bridgehead atoms. The number of carboxylic acid groups (broad SMARTS) is 1. The molecule has 6 heteroatoms. The average molecular weight is 174 g/mol. The molecule has 1 aromatic rings. The zero-order valence-corrected chi connectivity index (χ0v) is 6.26. The average Bonchev–Trinajstić information content (AvgIpc) is 2.34. The van der Waals surface area contributed by atoms with Gasteiger partial charge in [-0.05, 0) is 0 Å². The van der Waals surface area contributed by atoms with E-state index in [1.165, 1.54) is 6.20 Å². The summed E-state index contributed by atoms with van der Waals surface area (Å²) >= 11 is 1.11. The summed E-state index contributed by atoms with van der Waals surface area (Å²) in [5.41, 5.74) is 0. The lowest BCUT2D eigenvalue weighted by Crippen LogP contribution is -2.05. The minimum Gasteiger partial charge on any atom is -0.465 e. The van der Waals surface area contributed by atoms with E-state index in [0.717, 1.165) is 11.3 Å². The van der Waals surface area contributed by atoms with Crippen molar-refractivity contribution in [3.05, 3.63) is 11.2 Å². The lowest BCUT2D eigenvalue weighted by molar-refractivity contribution is 0.210. The topological polar surface area (TPSA) is 82.5 Å². The van der Waals surface area contributed by atoms with Crippen LogP contribution in [0.3, 0.4) is 0 Å². The first-order valence-corrected chi connectivity index (χ1v) is 3.59. The van der Waals surface area contributed by atoms with Crippen molar-refractivity contribution in [2.45, 2.75) is 6.61 Å². The molecule has 11 heavy (non-hydrogen) atoms. The predicted octanol–water partition coefficient (Wildman–Crippen LogP) is 0.725. The molecule has 1 rings (SSSR count). The summed E-state index contributed by atoms with van der Waals surface area (Å²) in [5.74, 6) is 0. The molecule has 0 unspecified atom stereocenters. The number of aliphatic hydroxyl groups is 1. The predicted molar refractivity (Wildman–Crippen MR) is 39.7 cm³/mol. The van der Waals surface area contributed by atoms with E-state index in [1.807, 2.05) is 0 Å². The summed E-state index contributed by atoms with van der Waals surface area (Å²) in [6, 6.07) is 0. The first kappa shape index (κ1) is 7.96. The summed E-state index contributed by atoms with van der Waals surface area (Å²) in [6.45, 7) is -0.161. The molecular formula is C5H6N2O3S. The molecule has 0 spiro atoms. The number of thiazole rings is 1. The van der Waals surface area contributed by atoms with Crippen LogP contribution in [-0.4, -0.2) is 21.3 Å². The molecule has 1 aromatic heterocycles. The highest BCUT2D eigenvalue weighted by atomic mass is 32.1. The van der Waals surface area contributed by atoms with Crippen LogP contribution < -0.4 is 5.32 Å². The number of carbonyl (C=O) groups is 1. The van der Waals surface area contributed by atoms with Crippen LogP contribution in [-0.2, 0) is 6.61 Å². The molecular weight excluding hydrogens is 168 g/mol. The van der Waals surface area contributed by atoms with Gasteiger partial charge in [0.05, 0.1) is 12.8 Å². The van der Waals surface area contributed by atoms with Crippen LogP contribution in [0.4, 0.5) is 9.80 Å². The number of nitrogens with zero attached hydrogens (tertiary/aromatic N) is 1. The second kappa shape index (κ2) is 3.31. The Morgan fingerprint density at radius 3 is 3.00 bits per heavy atom. The molecule has 1 heterocycles. The van der Waals surface area contributed by atoms with Gasteiger partial charge in [-0.1, -0.05) is 11.3 Å². The number of hydrogen-bond donors (Lipinski definition) is 3. The zero-order chi connectivity index (χ0) is 8.27. The van der Waals surface area contributed by atoms with E-state index in [-0.39, 0.29) is 6.61 Å². The SMILES string of the molecule is O=C(O)Nc1cnc(CO)s1. The number of aromatic nitrogens is 1. The monoisotopic (exact) mass is 174 g/mol. The van der Waals surface area contributed by atoms with Crippen molar-refractivity contribution in [3.8, 4) is 0 Å². The van der Waals surface area contributed by atoms with Gasteiger partial charge in [-0.3, -0.25) is 5.32 Å². The Bertz CT molecular complexity index is 260. The third-order valence-electron chi connectivity index (χ3n) is 0.919. The Morgan fingerprint density at radius 2 is 2.55 bits per heavy atom. The maximum atomic E-state index is 10.1. The van der Waals surface area contributed by atoms with Gasteiger partial charge in [0.1, 0.15) is 10.0 Å². The van der Waals surface area contributed by atoms with Crippen molar-refractivity contribution in [1.29, 1.82) is 0 Å². The van der Waals surface area contributed by atoms with Gasteiger partial charge in [0, 0.05) is 0 Å². The molecule has 5 nitrogen and oxygen atoms in total. The van der Waals surface area contributed by atoms with Gasteiger partial charge in [-0.15, -0.1) is 0 Å². The van der Waals surface area contributed by atoms with E-state index in [2.05, 4.69) is 10.3 Å². The summed E-state index contributed by atoms with van der Waals surface area (Å²) in [6.07, 6.45) is 0.239. The van der Waals surface area contributed by atoms with Crippen LogP contribution in [0.25, 0.3) is 0 Å². The molecule has 3 N–H and O–H groups in total. The number of anilines is 1. The van der Waals surface area contributed by atoms with Crippen LogP contribution in [0, 0.1) is 0 Å². The summed E-state index contributed by atoms with van der Waals surface area (Å²) in [4.78, 5) is 13.8. The standard InChI is InChI=1S/C5H6N2O3S/c8-2-4-6-1-3(11-4)7-5(9)10/h1,7-8H,2H2,(H,9,10). The van der Waals surface area contributed by atoms with Crippen LogP contribution in [0.2, 0.25) is 0 Å². The highest BCUT2D eigenvalue weighted by Crippen LogP contribution is 2.17. The van der Waals surface area contributed by atoms with Crippen molar-refractivity contribution < 1.29 is 15.0 Å². The maximum absolute atomic E-state index is 10.1. The van der Waals surface area contributed by atoms with Gasteiger partial charge in [0.15, 0.2) is 0 Å². The Labute approximate surface area is 66.3 Å². The van der Waals surface area contributed by atoms with E-state index in [4.69, 9.17) is 10.2 Å². The fourth-order valence-corrected chi connectivity index (χ4v) is 1.21. The van der Waals surface area contributed by atoms with Gasteiger partial charge in [0.2, 0.25) is 0 Å². The Hall–Kier alpha value is -1.14. The largest absolute Gasteiger partial charge is 0.465 e. The molecule has 0 fully saturated rings. The third-order valence-corrected chi connectivity index (χ3v) is 1.82. The molecule has 0 aromatic carbocycles. The van der Waals surface area contributed by atoms with Gasteiger partial charge in [0.25, 0.3) is 0 Å². The zero-order valence-electron chi connectivity index (χ0n) is 5.44. The third kappa shape index (κ3) is 2.17. The lowest BCUT2D eigenvalue weighted by Gasteiger charge is -1.90. The highest BCUT2D eigenvalue weighted by Gasteiger charge is 2.02. The van der Waals surface area contributed by atoms with Crippen LogP contribution >= 0.6 is 11.3 Å². The highest BCUT2D eigenvalue weighted by molar-refractivity contribution is 7.15. The Balaban J connectivity index is 2.65. The molecule has 0 saturated heterocycles. The number of hydrogen-bond acceptors (Lipinski definition) is 4. The van der Waals surface area contributed by atoms with Gasteiger partial charge in [-0.25, -0.2) is 9.78 Å². The van der Waals surface area contributed by atoms with Crippen molar-refractivity contribution in [2.75, 3.05) is 5.32 Å². The van der Waals surface area contributed by atoms with Crippen molar-refractivity contribution in [2.24, 2.45) is 0 Å². The molecule has 0 saturated carbocycles. The molecule has 0 radical (unpaired) electrons. The van der Waals surface area contributed by atoms with Crippen LogP contribution in [0.1, 0.15) is 5.01 Å². The van der Waals surface area contributed by atoms with E-state index in [9.17, 15) is 4.79 Å². The normalized spacial score (nSPS) is 9.55. The van der Waals surface area contributed by atoms with Gasteiger partial charge < -0.3 is 10.2 Å². The minimum atomic E-state index is -1.13. The first-order chi connectivity index (χ1) is 5.22. The number of amides is 1. The molecule has 0 aliphatic rings. The van der Waals surface area contributed by atoms with E-state index in [1.54, 1.807) is 0 Å². The van der Waals surface area contributed by atoms with Gasteiger partial charge in [-0.2, -0.15) is 0 Å². The quantitative estimate of drug-likeness (QED) is 0.617. The molecule has 0 aliphatic heterocycles. The van der Waals surface area contributed by atoms with E-state index in [0.29, 0.717) is 10.0 Å². The van der Waals surface area contributed by atoms with Gasteiger partial charge >= 0.3 is 6.09 Å². The fraction of sp³-hybridized carbons (Fsp3) is 0.200. The lowest BCUT2D eigenvalue weighted by atomic mass is 10.7. The van der Waals surface area contributed by atoms with Crippen molar-refractivity contribution in [1.82, 2.24) is 4.98 Å². The summed E-state index contributed by atoms with van der Waals surface area (Å²) in [7, 11) is 0. The fourth-order valence-electron chi connectivity index (χ4n) is 0.547. The smallest absolute Gasteiger partial charge is 0.409 e. The number of nitrogens with one attached hydrogen (secondary N) is 1. The van der Waals surface area contributed by atoms with Crippen LogP contribution in [0.15, 0.2) is 6.20 Å². The van der Waals surface area contributed by atoms with Crippen LogP contribution in [0.5, 0.6) is 0 Å².